The van der Waals surface area contributed by atoms with Crippen LogP contribution < -0.4 is 5.73 Å². The average Bonchev–Trinajstić information content (AvgIpc) is 2.76. The molecule has 1 aromatic heterocycles. The standard InChI is InChI=1S/C11H20N4O2S.ClH/c1-8(12)10-5-3-4-6-15(10)18(16,17)11-7-13-14-9(11)2;/h7-8,10H,3-6,12H2,1-2H3,(H,13,14);1H. The highest BCUT2D eigenvalue weighted by Gasteiger charge is 2.36. The predicted octanol–water partition coefficient (Wildman–Crippen LogP) is 1.03. The lowest BCUT2D eigenvalue weighted by atomic mass is 10.00. The van der Waals surface area contributed by atoms with E-state index in [-0.39, 0.29) is 29.4 Å². The van der Waals surface area contributed by atoms with Crippen LogP contribution in [0.3, 0.4) is 0 Å². The maximum Gasteiger partial charge on any atom is 0.246 e. The summed E-state index contributed by atoms with van der Waals surface area (Å²) >= 11 is 0. The summed E-state index contributed by atoms with van der Waals surface area (Å²) in [4.78, 5) is 0.259. The van der Waals surface area contributed by atoms with Gasteiger partial charge in [-0.2, -0.15) is 9.40 Å². The number of H-pyrrole nitrogens is 1. The van der Waals surface area contributed by atoms with Crippen LogP contribution in [-0.4, -0.2) is 41.5 Å². The first kappa shape index (κ1) is 16.4. The topological polar surface area (TPSA) is 92.1 Å². The van der Waals surface area contributed by atoms with Gasteiger partial charge in [-0.05, 0) is 26.7 Å². The van der Waals surface area contributed by atoms with Gasteiger partial charge in [0.25, 0.3) is 0 Å². The van der Waals surface area contributed by atoms with Crippen molar-refractivity contribution in [2.45, 2.75) is 50.1 Å². The SMILES string of the molecule is Cc1[nH]ncc1S(=O)(=O)N1CCCCC1C(C)N.Cl. The first-order valence-corrected chi connectivity index (χ1v) is 7.66. The highest BCUT2D eigenvalue weighted by molar-refractivity contribution is 7.89. The molecular formula is C11H21ClN4O2S. The molecule has 2 unspecified atom stereocenters. The number of hydrogen-bond donors (Lipinski definition) is 2. The Morgan fingerprint density at radius 1 is 1.53 bits per heavy atom. The molecule has 1 aliphatic rings. The molecule has 0 aromatic carbocycles. The Hall–Kier alpha value is -0.630. The molecule has 0 spiro atoms. The number of nitrogens with one attached hydrogen (secondary N) is 1. The van der Waals surface area contributed by atoms with Crippen molar-refractivity contribution in [3.63, 3.8) is 0 Å². The fourth-order valence-electron chi connectivity index (χ4n) is 2.48. The van der Waals surface area contributed by atoms with Crippen molar-refractivity contribution in [1.29, 1.82) is 0 Å². The number of aryl methyl sites for hydroxylation is 1. The van der Waals surface area contributed by atoms with E-state index in [1.54, 1.807) is 11.2 Å². The summed E-state index contributed by atoms with van der Waals surface area (Å²) in [5.41, 5.74) is 6.49. The van der Waals surface area contributed by atoms with Gasteiger partial charge in [0.2, 0.25) is 10.0 Å². The number of nitrogens with two attached hydrogens (primary N) is 1. The van der Waals surface area contributed by atoms with E-state index in [9.17, 15) is 8.42 Å². The molecular weight excluding hydrogens is 288 g/mol. The van der Waals surface area contributed by atoms with Crippen LogP contribution in [0, 0.1) is 6.92 Å². The van der Waals surface area contributed by atoms with Crippen molar-refractivity contribution < 1.29 is 8.42 Å². The van der Waals surface area contributed by atoms with Crippen molar-refractivity contribution in [3.8, 4) is 0 Å². The quantitative estimate of drug-likeness (QED) is 0.872. The van der Waals surface area contributed by atoms with Gasteiger partial charge in [-0.3, -0.25) is 5.10 Å². The Morgan fingerprint density at radius 2 is 2.21 bits per heavy atom. The minimum absolute atomic E-state index is 0. The largest absolute Gasteiger partial charge is 0.326 e. The van der Waals surface area contributed by atoms with Crippen molar-refractivity contribution in [1.82, 2.24) is 14.5 Å². The Kier molecular flexibility index (Phi) is 5.37. The summed E-state index contributed by atoms with van der Waals surface area (Å²) in [6.45, 7) is 4.12. The molecule has 1 aliphatic heterocycles. The van der Waals surface area contributed by atoms with Gasteiger partial charge in [0, 0.05) is 18.6 Å². The number of aromatic amines is 1. The normalized spacial score (nSPS) is 22.8. The van der Waals surface area contributed by atoms with E-state index in [2.05, 4.69) is 10.2 Å². The molecule has 6 nitrogen and oxygen atoms in total. The molecule has 2 rings (SSSR count). The molecule has 0 saturated carbocycles. The lowest BCUT2D eigenvalue weighted by Gasteiger charge is -2.36. The number of nitrogens with zero attached hydrogens (tertiary/aromatic N) is 2. The summed E-state index contributed by atoms with van der Waals surface area (Å²) in [6, 6.07) is -0.273. The molecule has 0 radical (unpaired) electrons. The van der Waals surface area contributed by atoms with Gasteiger partial charge in [-0.25, -0.2) is 8.42 Å². The van der Waals surface area contributed by atoms with Crippen LogP contribution in [0.1, 0.15) is 31.9 Å². The van der Waals surface area contributed by atoms with Crippen molar-refractivity contribution in [3.05, 3.63) is 11.9 Å². The van der Waals surface area contributed by atoms with E-state index in [1.807, 2.05) is 6.92 Å². The summed E-state index contributed by atoms with van der Waals surface area (Å²) in [5.74, 6) is 0. The van der Waals surface area contributed by atoms with Crippen molar-refractivity contribution >= 4 is 22.4 Å². The maximum absolute atomic E-state index is 12.6. The molecule has 0 bridgehead atoms. The Labute approximate surface area is 120 Å². The molecule has 0 amide bonds. The Bertz CT molecular complexity index is 515. The van der Waals surface area contributed by atoms with Gasteiger partial charge in [-0.1, -0.05) is 6.42 Å². The fourth-order valence-corrected chi connectivity index (χ4v) is 4.38. The van der Waals surface area contributed by atoms with Gasteiger partial charge in [0.1, 0.15) is 4.90 Å². The molecule has 0 aliphatic carbocycles. The van der Waals surface area contributed by atoms with E-state index in [0.29, 0.717) is 12.2 Å². The number of hydrogen-bond acceptors (Lipinski definition) is 4. The zero-order chi connectivity index (χ0) is 13.3. The average molecular weight is 309 g/mol. The minimum atomic E-state index is -3.48. The Morgan fingerprint density at radius 3 is 2.74 bits per heavy atom. The third-order valence-corrected chi connectivity index (χ3v) is 5.51. The molecule has 3 N–H and O–H groups in total. The summed E-state index contributed by atoms with van der Waals surface area (Å²) < 4.78 is 26.7. The van der Waals surface area contributed by atoms with Gasteiger partial charge in [0.15, 0.2) is 0 Å². The van der Waals surface area contributed by atoms with Gasteiger partial charge < -0.3 is 5.73 Å². The van der Waals surface area contributed by atoms with Gasteiger partial charge in [0.05, 0.1) is 11.9 Å². The van der Waals surface area contributed by atoms with Crippen LogP contribution in [0.5, 0.6) is 0 Å². The zero-order valence-electron chi connectivity index (χ0n) is 11.2. The van der Waals surface area contributed by atoms with E-state index in [0.717, 1.165) is 19.3 Å². The lowest BCUT2D eigenvalue weighted by molar-refractivity contribution is 0.227. The molecule has 19 heavy (non-hydrogen) atoms. The molecule has 110 valence electrons. The molecule has 1 aromatic rings. The number of piperidine rings is 1. The molecule has 2 atom stereocenters. The summed E-state index contributed by atoms with van der Waals surface area (Å²) in [5, 5.41) is 6.46. The molecule has 8 heteroatoms. The van der Waals surface area contributed by atoms with E-state index >= 15 is 0 Å². The smallest absolute Gasteiger partial charge is 0.246 e. The summed E-state index contributed by atoms with van der Waals surface area (Å²) in [7, 11) is -3.48. The van der Waals surface area contributed by atoms with Crippen LogP contribution in [-0.2, 0) is 10.0 Å². The first-order chi connectivity index (χ1) is 8.44. The number of rotatable bonds is 3. The Balaban J connectivity index is 0.00000180. The number of sulfonamides is 1. The van der Waals surface area contributed by atoms with Crippen LogP contribution in [0.15, 0.2) is 11.1 Å². The molecule has 1 saturated heterocycles. The lowest BCUT2D eigenvalue weighted by Crippen LogP contribution is -2.51. The highest BCUT2D eigenvalue weighted by atomic mass is 35.5. The van der Waals surface area contributed by atoms with E-state index in [1.165, 1.54) is 6.20 Å². The summed E-state index contributed by atoms with van der Waals surface area (Å²) in [6.07, 6.45) is 4.12. The second-order valence-corrected chi connectivity index (χ2v) is 6.76. The number of aromatic nitrogens is 2. The zero-order valence-corrected chi connectivity index (χ0v) is 12.8. The second kappa shape index (κ2) is 6.21. The molecule has 1 fully saturated rings. The van der Waals surface area contributed by atoms with E-state index in [4.69, 9.17) is 5.73 Å². The van der Waals surface area contributed by atoms with Crippen LogP contribution >= 0.6 is 12.4 Å². The third-order valence-electron chi connectivity index (χ3n) is 3.48. The van der Waals surface area contributed by atoms with Crippen LogP contribution in [0.2, 0.25) is 0 Å². The monoisotopic (exact) mass is 308 g/mol. The highest BCUT2D eigenvalue weighted by Crippen LogP contribution is 2.27. The van der Waals surface area contributed by atoms with Crippen molar-refractivity contribution in [2.75, 3.05) is 6.54 Å². The minimum Gasteiger partial charge on any atom is -0.326 e. The fraction of sp³-hybridized carbons (Fsp3) is 0.727. The molecule has 2 heterocycles. The predicted molar refractivity (Wildman–Crippen MR) is 75.8 cm³/mol. The maximum atomic E-state index is 12.6. The van der Waals surface area contributed by atoms with Crippen LogP contribution in [0.25, 0.3) is 0 Å². The van der Waals surface area contributed by atoms with Crippen LogP contribution in [0.4, 0.5) is 0 Å². The van der Waals surface area contributed by atoms with Gasteiger partial charge >= 0.3 is 0 Å². The third kappa shape index (κ3) is 3.10. The van der Waals surface area contributed by atoms with Gasteiger partial charge in [-0.15, -0.1) is 12.4 Å². The van der Waals surface area contributed by atoms with E-state index < -0.39 is 10.0 Å². The number of halogens is 1. The van der Waals surface area contributed by atoms with Crippen molar-refractivity contribution in [2.24, 2.45) is 5.73 Å². The second-order valence-electron chi connectivity index (χ2n) is 4.90. The first-order valence-electron chi connectivity index (χ1n) is 6.22.